The number of rotatable bonds is 13. The van der Waals surface area contributed by atoms with Crippen LogP contribution in [-0.2, 0) is 6.42 Å². The van der Waals surface area contributed by atoms with Crippen molar-refractivity contribution >= 4 is 5.97 Å². The number of carbonyl (C=O) groups is 1. The monoisotopic (exact) mass is 436 g/mol. The Morgan fingerprint density at radius 1 is 0.839 bits per heavy atom. The highest BCUT2D eigenvalue weighted by Gasteiger charge is 2.20. The van der Waals surface area contributed by atoms with Gasteiger partial charge < -0.3 is 9.47 Å². The van der Waals surface area contributed by atoms with E-state index in [1.54, 1.807) is 0 Å². The summed E-state index contributed by atoms with van der Waals surface area (Å²) in [6.45, 7) is 4.63. The molecule has 0 aliphatic rings. The average molecular weight is 437 g/mol. The molecule has 2 rings (SSSR count). The maximum Gasteiger partial charge on any atom is 0.346 e. The van der Waals surface area contributed by atoms with Crippen LogP contribution in [0.3, 0.4) is 0 Å². The summed E-state index contributed by atoms with van der Waals surface area (Å²) in [6, 6.07) is 6.36. The molecule has 2 aromatic carbocycles. The second kappa shape index (κ2) is 13.0. The number of hydrogen-bond acceptors (Lipinski definition) is 3. The minimum atomic E-state index is -1.24. The number of aryl methyl sites for hydroxylation is 1. The lowest BCUT2D eigenvalue weighted by molar-refractivity contribution is 0.0721. The van der Waals surface area contributed by atoms with Gasteiger partial charge in [0.2, 0.25) is 5.82 Å². The lowest BCUT2D eigenvalue weighted by atomic mass is 10.0. The second-order valence-electron chi connectivity index (χ2n) is 7.60. The Balaban J connectivity index is 1.99. The summed E-state index contributed by atoms with van der Waals surface area (Å²) in [5, 5.41) is 0. The molecule has 0 radical (unpaired) electrons. The Labute approximate surface area is 182 Å². The van der Waals surface area contributed by atoms with Gasteiger partial charge in [-0.25, -0.2) is 13.6 Å². The minimum Gasteiger partial charge on any atom is -0.493 e. The van der Waals surface area contributed by atoms with Crippen molar-refractivity contribution in [2.75, 3.05) is 6.61 Å². The molecule has 0 atom stereocenters. The van der Waals surface area contributed by atoms with E-state index in [0.29, 0.717) is 18.8 Å². The molecule has 0 unspecified atom stereocenters. The molecule has 0 spiro atoms. The van der Waals surface area contributed by atoms with Gasteiger partial charge in [0.1, 0.15) is 11.6 Å². The number of halogens is 3. The van der Waals surface area contributed by atoms with Crippen LogP contribution >= 0.6 is 0 Å². The summed E-state index contributed by atoms with van der Waals surface area (Å²) in [4.78, 5) is 12.3. The number of carbonyl (C=O) groups excluding carboxylic acids is 1. The van der Waals surface area contributed by atoms with Gasteiger partial charge in [0.25, 0.3) is 0 Å². The van der Waals surface area contributed by atoms with E-state index in [1.165, 1.54) is 24.3 Å². The quantitative estimate of drug-likeness (QED) is 0.186. The summed E-state index contributed by atoms with van der Waals surface area (Å²) in [5.41, 5.74) is -0.134. The maximum absolute atomic E-state index is 14.4. The van der Waals surface area contributed by atoms with E-state index < -0.39 is 29.2 Å². The van der Waals surface area contributed by atoms with Crippen molar-refractivity contribution in [1.29, 1.82) is 0 Å². The summed E-state index contributed by atoms with van der Waals surface area (Å²) in [7, 11) is 0. The van der Waals surface area contributed by atoms with Crippen molar-refractivity contribution in [3.63, 3.8) is 0 Å². The van der Waals surface area contributed by atoms with Gasteiger partial charge in [-0.3, -0.25) is 0 Å². The zero-order valence-electron chi connectivity index (χ0n) is 18.3. The van der Waals surface area contributed by atoms with Crippen molar-refractivity contribution in [3.8, 4) is 11.5 Å². The molecule has 0 aliphatic carbocycles. The van der Waals surface area contributed by atoms with E-state index in [4.69, 9.17) is 9.47 Å². The first kappa shape index (κ1) is 24.8. The standard InChI is InChI=1S/C25H31F3O3/c1-3-5-7-8-9-11-18-12-15-22(24(28)23(18)27)31-25(29)20-14-13-19(17-21(20)26)30-16-10-6-4-2/h12-15,17H,3-11,16H2,1-2H3. The van der Waals surface area contributed by atoms with Crippen LogP contribution in [-0.4, -0.2) is 12.6 Å². The van der Waals surface area contributed by atoms with Crippen LogP contribution in [0.2, 0.25) is 0 Å². The van der Waals surface area contributed by atoms with E-state index in [2.05, 4.69) is 13.8 Å². The normalized spacial score (nSPS) is 10.9. The first-order valence-corrected chi connectivity index (χ1v) is 11.1. The van der Waals surface area contributed by atoms with E-state index in [0.717, 1.165) is 57.4 Å². The van der Waals surface area contributed by atoms with Crippen LogP contribution in [0.15, 0.2) is 30.3 Å². The highest BCUT2D eigenvalue weighted by Crippen LogP contribution is 2.26. The van der Waals surface area contributed by atoms with Crippen LogP contribution in [0.5, 0.6) is 11.5 Å². The molecule has 6 heteroatoms. The number of esters is 1. The predicted molar refractivity (Wildman–Crippen MR) is 115 cm³/mol. The van der Waals surface area contributed by atoms with Gasteiger partial charge >= 0.3 is 5.97 Å². The third-order valence-corrected chi connectivity index (χ3v) is 5.06. The molecule has 0 saturated heterocycles. The molecule has 2 aromatic rings. The molecule has 0 N–H and O–H groups in total. The van der Waals surface area contributed by atoms with Gasteiger partial charge in [0.05, 0.1) is 12.2 Å². The molecular weight excluding hydrogens is 405 g/mol. The van der Waals surface area contributed by atoms with Gasteiger partial charge in [0, 0.05) is 6.07 Å². The highest BCUT2D eigenvalue weighted by atomic mass is 19.2. The molecule has 0 amide bonds. The number of hydrogen-bond donors (Lipinski definition) is 0. The van der Waals surface area contributed by atoms with Crippen molar-refractivity contribution in [3.05, 3.63) is 58.9 Å². The van der Waals surface area contributed by atoms with Crippen molar-refractivity contribution < 1.29 is 27.4 Å². The summed E-state index contributed by atoms with van der Waals surface area (Å²) in [6.07, 6.45) is 8.30. The number of unbranched alkanes of at least 4 members (excludes halogenated alkanes) is 6. The van der Waals surface area contributed by atoms with E-state index in [-0.39, 0.29) is 11.1 Å². The molecule has 0 fully saturated rings. The highest BCUT2D eigenvalue weighted by molar-refractivity contribution is 5.91. The third kappa shape index (κ3) is 7.60. The van der Waals surface area contributed by atoms with Crippen LogP contribution < -0.4 is 9.47 Å². The largest absolute Gasteiger partial charge is 0.493 e. The summed E-state index contributed by atoms with van der Waals surface area (Å²) < 4.78 is 53.4. The van der Waals surface area contributed by atoms with Crippen molar-refractivity contribution in [2.45, 2.75) is 71.6 Å². The summed E-state index contributed by atoms with van der Waals surface area (Å²) >= 11 is 0. The van der Waals surface area contributed by atoms with Crippen LogP contribution in [0.4, 0.5) is 13.2 Å². The fraction of sp³-hybridized carbons (Fsp3) is 0.480. The fourth-order valence-electron chi connectivity index (χ4n) is 3.21. The Morgan fingerprint density at radius 2 is 1.55 bits per heavy atom. The summed E-state index contributed by atoms with van der Waals surface area (Å²) in [5.74, 6) is -4.47. The Hall–Kier alpha value is -2.50. The van der Waals surface area contributed by atoms with Crippen LogP contribution in [0.1, 0.15) is 81.1 Å². The molecule has 0 bridgehead atoms. The molecule has 0 aliphatic heterocycles. The zero-order chi connectivity index (χ0) is 22.6. The predicted octanol–water partition coefficient (Wildman–Crippen LogP) is 7.41. The second-order valence-corrected chi connectivity index (χ2v) is 7.60. The maximum atomic E-state index is 14.4. The van der Waals surface area contributed by atoms with E-state index >= 15 is 0 Å². The van der Waals surface area contributed by atoms with Gasteiger partial charge in [-0.15, -0.1) is 0 Å². The van der Waals surface area contributed by atoms with Gasteiger partial charge in [-0.05, 0) is 43.0 Å². The van der Waals surface area contributed by atoms with Gasteiger partial charge in [-0.2, -0.15) is 4.39 Å². The molecule has 0 aromatic heterocycles. The molecule has 3 nitrogen and oxygen atoms in total. The lowest BCUT2D eigenvalue weighted by Gasteiger charge is -2.11. The first-order valence-electron chi connectivity index (χ1n) is 11.1. The van der Waals surface area contributed by atoms with Crippen molar-refractivity contribution in [1.82, 2.24) is 0 Å². The lowest BCUT2D eigenvalue weighted by Crippen LogP contribution is -2.13. The SMILES string of the molecule is CCCCCCCc1ccc(OC(=O)c2ccc(OCCCCC)cc2F)c(F)c1F. The molecule has 31 heavy (non-hydrogen) atoms. The molecule has 170 valence electrons. The van der Waals surface area contributed by atoms with Crippen LogP contribution in [0, 0.1) is 17.5 Å². The molecular formula is C25H31F3O3. The van der Waals surface area contributed by atoms with E-state index in [9.17, 15) is 18.0 Å². The Morgan fingerprint density at radius 3 is 2.26 bits per heavy atom. The number of benzene rings is 2. The molecule has 0 saturated carbocycles. The smallest absolute Gasteiger partial charge is 0.346 e. The van der Waals surface area contributed by atoms with Gasteiger partial charge in [0.15, 0.2) is 11.6 Å². The van der Waals surface area contributed by atoms with Crippen LogP contribution in [0.25, 0.3) is 0 Å². The average Bonchev–Trinajstić information content (AvgIpc) is 2.75. The topological polar surface area (TPSA) is 35.5 Å². The Kier molecular flexibility index (Phi) is 10.4. The molecule has 0 heterocycles. The first-order chi connectivity index (χ1) is 15.0. The van der Waals surface area contributed by atoms with Gasteiger partial charge in [-0.1, -0.05) is 58.4 Å². The fourth-order valence-corrected chi connectivity index (χ4v) is 3.21. The number of ether oxygens (including phenoxy) is 2. The third-order valence-electron chi connectivity index (χ3n) is 5.06. The van der Waals surface area contributed by atoms with Crippen molar-refractivity contribution in [2.24, 2.45) is 0 Å². The Bertz CT molecular complexity index is 852. The minimum absolute atomic E-state index is 0.240. The van der Waals surface area contributed by atoms with E-state index in [1.807, 2.05) is 0 Å². The zero-order valence-corrected chi connectivity index (χ0v) is 18.3.